The highest BCUT2D eigenvalue weighted by Gasteiger charge is 2.13. The molecule has 0 aromatic rings. The van der Waals surface area contributed by atoms with E-state index in [4.69, 9.17) is 5.73 Å². The lowest BCUT2D eigenvalue weighted by molar-refractivity contribution is -0.114. The van der Waals surface area contributed by atoms with Crippen LogP contribution in [0.15, 0.2) is 11.3 Å². The van der Waals surface area contributed by atoms with Crippen LogP contribution in [0.5, 0.6) is 0 Å². The highest BCUT2D eigenvalue weighted by Crippen LogP contribution is 2.10. The minimum Gasteiger partial charge on any atom is -0.383 e. The molecule has 1 amide bonds. The molecule has 0 bridgehead atoms. The van der Waals surface area contributed by atoms with Crippen molar-refractivity contribution in [2.75, 3.05) is 0 Å². The second-order valence-electron chi connectivity index (χ2n) is 4.20. The van der Waals surface area contributed by atoms with Gasteiger partial charge in [0.05, 0.1) is 0 Å². The number of nitrogens with two attached hydrogens (primary N) is 1. The molecule has 0 radical (unpaired) electrons. The summed E-state index contributed by atoms with van der Waals surface area (Å²) in [4.78, 5) is 10.9. The van der Waals surface area contributed by atoms with Crippen molar-refractivity contribution in [3.05, 3.63) is 11.3 Å². The first-order valence-corrected chi connectivity index (χ1v) is 4.55. The molecular formula is C10H20N2O. The molecule has 0 aromatic heterocycles. The van der Waals surface area contributed by atoms with Crippen LogP contribution in [-0.4, -0.2) is 11.4 Å². The average Bonchev–Trinajstić information content (AvgIpc) is 1.97. The van der Waals surface area contributed by atoms with E-state index in [9.17, 15) is 4.79 Å². The number of hydrogen-bond acceptors (Lipinski definition) is 2. The summed E-state index contributed by atoms with van der Waals surface area (Å²) in [6, 6.07) is 0. The average molecular weight is 184 g/mol. The number of hydrogen-bond donors (Lipinski definition) is 2. The largest absolute Gasteiger partial charge is 0.383 e. The van der Waals surface area contributed by atoms with Crippen molar-refractivity contribution in [3.63, 3.8) is 0 Å². The van der Waals surface area contributed by atoms with E-state index in [1.807, 2.05) is 6.92 Å². The maximum Gasteiger partial charge on any atom is 0.246 e. The Morgan fingerprint density at radius 1 is 1.38 bits per heavy atom. The first kappa shape index (κ1) is 12.0. The van der Waals surface area contributed by atoms with Crippen molar-refractivity contribution >= 4 is 5.91 Å². The molecule has 3 N–H and O–H groups in total. The molecule has 0 aliphatic rings. The van der Waals surface area contributed by atoms with Gasteiger partial charge in [0.2, 0.25) is 5.91 Å². The SMILES string of the molecule is CC/C(NC(C)(C)C)=C(/C)C(N)=O. The van der Waals surface area contributed by atoms with Crippen LogP contribution in [0.25, 0.3) is 0 Å². The van der Waals surface area contributed by atoms with Crippen LogP contribution in [0, 0.1) is 0 Å². The fourth-order valence-corrected chi connectivity index (χ4v) is 1.05. The Labute approximate surface area is 80.4 Å². The molecule has 76 valence electrons. The second kappa shape index (κ2) is 4.30. The smallest absolute Gasteiger partial charge is 0.246 e. The summed E-state index contributed by atoms with van der Waals surface area (Å²) in [7, 11) is 0. The van der Waals surface area contributed by atoms with Gasteiger partial charge < -0.3 is 11.1 Å². The quantitative estimate of drug-likeness (QED) is 0.654. The fraction of sp³-hybridized carbons (Fsp3) is 0.700. The Balaban J connectivity index is 4.70. The topological polar surface area (TPSA) is 55.1 Å². The molecule has 0 fully saturated rings. The zero-order valence-electron chi connectivity index (χ0n) is 9.19. The van der Waals surface area contributed by atoms with Gasteiger partial charge in [0.15, 0.2) is 0 Å². The molecule has 0 saturated heterocycles. The highest BCUT2D eigenvalue weighted by molar-refractivity contribution is 5.91. The van der Waals surface area contributed by atoms with Gasteiger partial charge in [0.1, 0.15) is 0 Å². The Morgan fingerprint density at radius 3 is 2.08 bits per heavy atom. The lowest BCUT2D eigenvalue weighted by Gasteiger charge is -2.25. The Kier molecular flexibility index (Phi) is 3.98. The van der Waals surface area contributed by atoms with Crippen molar-refractivity contribution in [2.45, 2.75) is 46.6 Å². The molecule has 0 atom stereocenters. The van der Waals surface area contributed by atoms with Gasteiger partial charge in [0, 0.05) is 16.8 Å². The van der Waals surface area contributed by atoms with E-state index in [1.165, 1.54) is 0 Å². The zero-order valence-corrected chi connectivity index (χ0v) is 9.19. The lowest BCUT2D eigenvalue weighted by Crippen LogP contribution is -2.36. The number of nitrogens with one attached hydrogen (secondary N) is 1. The van der Waals surface area contributed by atoms with Gasteiger partial charge >= 0.3 is 0 Å². The van der Waals surface area contributed by atoms with Crippen molar-refractivity contribution in [3.8, 4) is 0 Å². The van der Waals surface area contributed by atoms with Gasteiger partial charge in [-0.15, -0.1) is 0 Å². The lowest BCUT2D eigenvalue weighted by atomic mass is 10.1. The molecular weight excluding hydrogens is 164 g/mol. The summed E-state index contributed by atoms with van der Waals surface area (Å²) in [5, 5.41) is 3.27. The normalized spacial score (nSPS) is 13.6. The van der Waals surface area contributed by atoms with Crippen LogP contribution in [0.1, 0.15) is 41.0 Å². The molecule has 0 saturated carbocycles. The third kappa shape index (κ3) is 4.55. The Morgan fingerprint density at radius 2 is 1.85 bits per heavy atom. The van der Waals surface area contributed by atoms with E-state index < -0.39 is 0 Å². The third-order valence-corrected chi connectivity index (χ3v) is 1.70. The van der Waals surface area contributed by atoms with Gasteiger partial charge in [-0.25, -0.2) is 0 Å². The van der Waals surface area contributed by atoms with E-state index in [0.29, 0.717) is 5.57 Å². The number of carbonyl (C=O) groups is 1. The summed E-state index contributed by atoms with van der Waals surface area (Å²) >= 11 is 0. The van der Waals surface area contributed by atoms with Gasteiger partial charge in [-0.3, -0.25) is 4.79 Å². The standard InChI is InChI=1S/C10H20N2O/c1-6-8(7(2)9(11)13)12-10(3,4)5/h12H,6H2,1-5H3,(H2,11,13)/b8-7+. The maximum absolute atomic E-state index is 10.9. The number of allylic oxidation sites excluding steroid dienone is 1. The molecule has 0 aliphatic carbocycles. The summed E-state index contributed by atoms with van der Waals surface area (Å²) < 4.78 is 0. The van der Waals surface area contributed by atoms with E-state index in [-0.39, 0.29) is 11.4 Å². The van der Waals surface area contributed by atoms with E-state index >= 15 is 0 Å². The van der Waals surface area contributed by atoms with Crippen molar-refractivity contribution in [1.29, 1.82) is 0 Å². The first-order valence-electron chi connectivity index (χ1n) is 4.55. The minimum atomic E-state index is -0.353. The molecule has 13 heavy (non-hydrogen) atoms. The maximum atomic E-state index is 10.9. The number of primary amides is 1. The van der Waals surface area contributed by atoms with Crippen LogP contribution < -0.4 is 11.1 Å². The molecule has 0 rings (SSSR count). The predicted octanol–water partition coefficient (Wildman–Crippen LogP) is 1.54. The van der Waals surface area contributed by atoms with E-state index in [1.54, 1.807) is 6.92 Å². The monoisotopic (exact) mass is 184 g/mol. The highest BCUT2D eigenvalue weighted by atomic mass is 16.1. The van der Waals surface area contributed by atoms with Crippen LogP contribution in [-0.2, 0) is 4.79 Å². The molecule has 0 unspecified atom stereocenters. The third-order valence-electron chi connectivity index (χ3n) is 1.70. The van der Waals surface area contributed by atoms with Crippen LogP contribution in [0.3, 0.4) is 0 Å². The fourth-order valence-electron chi connectivity index (χ4n) is 1.05. The minimum absolute atomic E-state index is 0.0257. The van der Waals surface area contributed by atoms with Crippen LogP contribution in [0.4, 0.5) is 0 Å². The molecule has 0 aliphatic heterocycles. The molecule has 0 spiro atoms. The first-order chi connectivity index (χ1) is 5.78. The zero-order chi connectivity index (χ0) is 10.6. The van der Waals surface area contributed by atoms with Crippen molar-refractivity contribution in [2.24, 2.45) is 5.73 Å². The molecule has 3 nitrogen and oxygen atoms in total. The summed E-state index contributed by atoms with van der Waals surface area (Å²) in [5.41, 5.74) is 6.72. The van der Waals surface area contributed by atoms with Crippen LogP contribution in [0.2, 0.25) is 0 Å². The molecule has 0 heterocycles. The van der Waals surface area contributed by atoms with Crippen molar-refractivity contribution in [1.82, 2.24) is 5.32 Å². The van der Waals surface area contributed by atoms with Gasteiger partial charge in [-0.05, 0) is 34.1 Å². The summed E-state index contributed by atoms with van der Waals surface area (Å²) in [5.74, 6) is -0.353. The second-order valence-corrected chi connectivity index (χ2v) is 4.20. The number of carbonyl (C=O) groups excluding carboxylic acids is 1. The Bertz CT molecular complexity index is 224. The van der Waals surface area contributed by atoms with Gasteiger partial charge in [-0.1, -0.05) is 6.92 Å². The summed E-state index contributed by atoms with van der Waals surface area (Å²) in [6.07, 6.45) is 0.798. The van der Waals surface area contributed by atoms with Crippen LogP contribution >= 0.6 is 0 Å². The molecule has 0 aromatic carbocycles. The number of amides is 1. The predicted molar refractivity (Wildman–Crippen MR) is 55.1 cm³/mol. The van der Waals surface area contributed by atoms with Gasteiger partial charge in [-0.2, -0.15) is 0 Å². The van der Waals surface area contributed by atoms with Gasteiger partial charge in [0.25, 0.3) is 0 Å². The van der Waals surface area contributed by atoms with E-state index in [0.717, 1.165) is 12.1 Å². The Hall–Kier alpha value is -0.990. The molecule has 3 heteroatoms. The summed E-state index contributed by atoms with van der Waals surface area (Å²) in [6.45, 7) is 9.91. The van der Waals surface area contributed by atoms with E-state index in [2.05, 4.69) is 26.1 Å². The number of rotatable bonds is 3. The van der Waals surface area contributed by atoms with Crippen molar-refractivity contribution < 1.29 is 4.79 Å².